The average molecular weight is 335 g/mol. The van der Waals surface area contributed by atoms with Gasteiger partial charge in [-0.1, -0.05) is 6.07 Å². The Hall–Kier alpha value is -2.21. The lowest BCUT2D eigenvalue weighted by Crippen LogP contribution is -2.00. The number of carboxylic acids is 1. The van der Waals surface area contributed by atoms with Crippen LogP contribution in [0.3, 0.4) is 0 Å². The second-order valence-electron chi connectivity index (χ2n) is 4.16. The average Bonchev–Trinajstić information content (AvgIpc) is 2.81. The van der Waals surface area contributed by atoms with Gasteiger partial charge in [-0.25, -0.2) is 14.2 Å². The first-order chi connectivity index (χ1) is 9.58. The predicted molar refractivity (Wildman–Crippen MR) is 75.2 cm³/mol. The molecular formula is C14H8BrFN2O2. The Labute approximate surface area is 121 Å². The largest absolute Gasteiger partial charge is 0.476 e. The van der Waals surface area contributed by atoms with Crippen LogP contribution in [0.2, 0.25) is 0 Å². The number of halogens is 2. The summed E-state index contributed by atoms with van der Waals surface area (Å²) in [6, 6.07) is 10.9. The number of carbonyl (C=O) groups is 1. The van der Waals surface area contributed by atoms with E-state index < -0.39 is 5.97 Å². The van der Waals surface area contributed by atoms with Crippen LogP contribution in [-0.4, -0.2) is 20.5 Å². The fourth-order valence-electron chi connectivity index (χ4n) is 2.08. The number of nitrogens with zero attached hydrogens (tertiary/aromatic N) is 2. The number of aromatic carboxylic acids is 1. The normalized spacial score (nSPS) is 10.9. The summed E-state index contributed by atoms with van der Waals surface area (Å²) in [6.45, 7) is 0. The molecule has 1 N–H and O–H groups in total. The van der Waals surface area contributed by atoms with Gasteiger partial charge in [0.15, 0.2) is 5.69 Å². The lowest BCUT2D eigenvalue weighted by Gasteiger charge is -2.05. The van der Waals surface area contributed by atoms with Crippen LogP contribution in [0.5, 0.6) is 0 Å². The minimum Gasteiger partial charge on any atom is -0.476 e. The summed E-state index contributed by atoms with van der Waals surface area (Å²) in [4.78, 5) is 15.5. The van der Waals surface area contributed by atoms with Crippen molar-refractivity contribution in [2.75, 3.05) is 0 Å². The van der Waals surface area contributed by atoms with Crippen molar-refractivity contribution in [2.45, 2.75) is 0 Å². The summed E-state index contributed by atoms with van der Waals surface area (Å²) in [7, 11) is 0. The van der Waals surface area contributed by atoms with Gasteiger partial charge in [-0.15, -0.1) is 0 Å². The Morgan fingerprint density at radius 1 is 1.20 bits per heavy atom. The van der Waals surface area contributed by atoms with Crippen molar-refractivity contribution in [3.05, 3.63) is 58.6 Å². The third-order valence-electron chi connectivity index (χ3n) is 2.92. The first-order valence-corrected chi connectivity index (χ1v) is 6.53. The number of fused-ring (bicyclic) bond motifs is 1. The molecule has 0 unspecified atom stereocenters. The van der Waals surface area contributed by atoms with Crippen LogP contribution in [0.25, 0.3) is 16.9 Å². The van der Waals surface area contributed by atoms with E-state index in [0.717, 1.165) is 0 Å². The van der Waals surface area contributed by atoms with E-state index in [-0.39, 0.29) is 11.5 Å². The number of rotatable bonds is 2. The van der Waals surface area contributed by atoms with E-state index in [2.05, 4.69) is 20.9 Å². The Kier molecular flexibility index (Phi) is 3.02. The molecule has 0 fully saturated rings. The first kappa shape index (κ1) is 12.8. The molecule has 3 aromatic rings. The third kappa shape index (κ3) is 1.98. The molecule has 0 aliphatic carbocycles. The number of imidazole rings is 1. The van der Waals surface area contributed by atoms with Gasteiger partial charge in [-0.3, -0.25) is 4.40 Å². The highest BCUT2D eigenvalue weighted by Gasteiger charge is 2.20. The number of aromatic nitrogens is 2. The highest BCUT2D eigenvalue weighted by molar-refractivity contribution is 9.10. The SMILES string of the molecule is O=C(O)c1nc2cccc(Br)n2c1-c1ccc(F)cc1. The molecule has 2 aromatic heterocycles. The van der Waals surface area contributed by atoms with Gasteiger partial charge in [0, 0.05) is 5.56 Å². The Morgan fingerprint density at radius 2 is 1.90 bits per heavy atom. The molecule has 0 saturated heterocycles. The standard InChI is InChI=1S/C14H8BrFN2O2/c15-10-2-1-3-11-17-12(14(19)20)13(18(10)11)8-4-6-9(16)7-5-8/h1-7H,(H,19,20). The van der Waals surface area contributed by atoms with E-state index in [0.29, 0.717) is 21.5 Å². The lowest BCUT2D eigenvalue weighted by molar-refractivity contribution is 0.0692. The monoisotopic (exact) mass is 334 g/mol. The summed E-state index contributed by atoms with van der Waals surface area (Å²) >= 11 is 3.38. The second kappa shape index (κ2) is 4.72. The minimum atomic E-state index is -1.13. The van der Waals surface area contributed by atoms with E-state index in [4.69, 9.17) is 0 Å². The number of carboxylic acid groups (broad SMARTS) is 1. The zero-order chi connectivity index (χ0) is 14.3. The lowest BCUT2D eigenvalue weighted by atomic mass is 10.1. The number of hydrogen-bond acceptors (Lipinski definition) is 2. The Morgan fingerprint density at radius 3 is 2.55 bits per heavy atom. The van der Waals surface area contributed by atoms with Crippen molar-refractivity contribution in [3.8, 4) is 11.3 Å². The van der Waals surface area contributed by atoms with Crippen molar-refractivity contribution < 1.29 is 14.3 Å². The molecule has 1 aromatic carbocycles. The predicted octanol–water partition coefficient (Wildman–Crippen LogP) is 3.60. The van der Waals surface area contributed by atoms with Gasteiger partial charge in [0.2, 0.25) is 0 Å². The van der Waals surface area contributed by atoms with Crippen LogP contribution in [0.15, 0.2) is 47.1 Å². The van der Waals surface area contributed by atoms with Crippen LogP contribution in [0, 0.1) is 5.82 Å². The molecule has 0 aliphatic rings. The summed E-state index contributed by atoms with van der Waals surface area (Å²) < 4.78 is 15.4. The molecule has 0 spiro atoms. The molecular weight excluding hydrogens is 327 g/mol. The summed E-state index contributed by atoms with van der Waals surface area (Å²) in [6.07, 6.45) is 0. The maximum Gasteiger partial charge on any atom is 0.356 e. The van der Waals surface area contributed by atoms with Gasteiger partial charge in [0.05, 0.1) is 10.3 Å². The maximum atomic E-state index is 13.0. The molecule has 20 heavy (non-hydrogen) atoms. The Bertz CT molecular complexity index is 812. The third-order valence-corrected chi connectivity index (χ3v) is 3.54. The summed E-state index contributed by atoms with van der Waals surface area (Å²) in [5, 5.41) is 9.31. The van der Waals surface area contributed by atoms with Crippen LogP contribution in [0.4, 0.5) is 4.39 Å². The molecule has 0 radical (unpaired) electrons. The summed E-state index contributed by atoms with van der Waals surface area (Å²) in [5.41, 5.74) is 1.45. The molecule has 0 atom stereocenters. The number of benzene rings is 1. The number of pyridine rings is 1. The molecule has 0 bridgehead atoms. The fraction of sp³-hybridized carbons (Fsp3) is 0. The van der Waals surface area contributed by atoms with Crippen molar-refractivity contribution in [2.24, 2.45) is 0 Å². The molecule has 100 valence electrons. The van der Waals surface area contributed by atoms with E-state index in [1.807, 2.05) is 0 Å². The van der Waals surface area contributed by atoms with Crippen LogP contribution < -0.4 is 0 Å². The highest BCUT2D eigenvalue weighted by Crippen LogP contribution is 2.28. The minimum absolute atomic E-state index is 0.0662. The van der Waals surface area contributed by atoms with E-state index in [1.54, 1.807) is 22.6 Å². The van der Waals surface area contributed by atoms with E-state index in [1.165, 1.54) is 24.3 Å². The van der Waals surface area contributed by atoms with Crippen LogP contribution >= 0.6 is 15.9 Å². The molecule has 4 nitrogen and oxygen atoms in total. The van der Waals surface area contributed by atoms with Crippen LogP contribution in [0.1, 0.15) is 10.5 Å². The molecule has 0 saturated carbocycles. The second-order valence-corrected chi connectivity index (χ2v) is 4.98. The van der Waals surface area contributed by atoms with Gasteiger partial charge in [-0.05, 0) is 52.3 Å². The zero-order valence-corrected chi connectivity index (χ0v) is 11.6. The van der Waals surface area contributed by atoms with Gasteiger partial charge in [-0.2, -0.15) is 0 Å². The topological polar surface area (TPSA) is 54.6 Å². The van der Waals surface area contributed by atoms with Crippen LogP contribution in [-0.2, 0) is 0 Å². The van der Waals surface area contributed by atoms with Gasteiger partial charge in [0.25, 0.3) is 0 Å². The molecule has 6 heteroatoms. The van der Waals surface area contributed by atoms with Crippen molar-refractivity contribution >= 4 is 27.5 Å². The van der Waals surface area contributed by atoms with Crippen molar-refractivity contribution in [3.63, 3.8) is 0 Å². The van der Waals surface area contributed by atoms with Gasteiger partial charge < -0.3 is 5.11 Å². The molecule has 3 rings (SSSR count). The van der Waals surface area contributed by atoms with Crippen molar-refractivity contribution in [1.29, 1.82) is 0 Å². The molecule has 0 amide bonds. The van der Waals surface area contributed by atoms with E-state index in [9.17, 15) is 14.3 Å². The zero-order valence-electron chi connectivity index (χ0n) is 10.0. The molecule has 0 aliphatic heterocycles. The first-order valence-electron chi connectivity index (χ1n) is 5.74. The smallest absolute Gasteiger partial charge is 0.356 e. The van der Waals surface area contributed by atoms with E-state index >= 15 is 0 Å². The van der Waals surface area contributed by atoms with Gasteiger partial charge in [0.1, 0.15) is 11.5 Å². The van der Waals surface area contributed by atoms with Crippen molar-refractivity contribution in [1.82, 2.24) is 9.38 Å². The summed E-state index contributed by atoms with van der Waals surface area (Å²) in [5.74, 6) is -1.50. The van der Waals surface area contributed by atoms with Gasteiger partial charge >= 0.3 is 5.97 Å². The molecule has 2 heterocycles. The fourth-order valence-corrected chi connectivity index (χ4v) is 2.59. The number of hydrogen-bond donors (Lipinski definition) is 1. The Balaban J connectivity index is 2.39. The quantitative estimate of drug-likeness (QED) is 0.728. The maximum absolute atomic E-state index is 13.0. The highest BCUT2D eigenvalue weighted by atomic mass is 79.9.